The van der Waals surface area contributed by atoms with Gasteiger partial charge in [0.05, 0.1) is 0 Å². The van der Waals surface area contributed by atoms with Crippen molar-refractivity contribution in [3.63, 3.8) is 0 Å². The smallest absolute Gasteiger partial charge is 0.411 e. The highest BCUT2D eigenvalue weighted by Crippen LogP contribution is 2.21. The van der Waals surface area contributed by atoms with Crippen LogP contribution in [0.15, 0.2) is 24.3 Å². The Hall–Kier alpha value is -1.71. The molecule has 1 aromatic carbocycles. The van der Waals surface area contributed by atoms with Crippen LogP contribution in [0.3, 0.4) is 0 Å². The Balaban J connectivity index is 3.00. The fraction of sp³-hybridized carbons (Fsp3) is 0.417. The maximum Gasteiger partial charge on any atom is 0.411 e. The number of hydrogen-bond acceptors (Lipinski definition) is 2. The molecule has 0 aliphatic rings. The first-order valence-electron chi connectivity index (χ1n) is 5.34. The van der Waals surface area contributed by atoms with E-state index in [0.29, 0.717) is 6.54 Å². The standard InChI is InChI=1S/C12H18N2O2/c1-4-8-14(12(15)16)11-7-5-6-10(9-11)13(2)3/h5-7,9H,4,8H2,1-3H3,(H,15,16). The van der Waals surface area contributed by atoms with Crippen LogP contribution >= 0.6 is 0 Å². The first-order chi connectivity index (χ1) is 7.56. The number of benzene rings is 1. The molecule has 0 aromatic heterocycles. The van der Waals surface area contributed by atoms with Crippen LogP contribution in [-0.4, -0.2) is 31.8 Å². The third-order valence-electron chi connectivity index (χ3n) is 2.34. The summed E-state index contributed by atoms with van der Waals surface area (Å²) < 4.78 is 0. The van der Waals surface area contributed by atoms with E-state index in [0.717, 1.165) is 17.8 Å². The molecule has 0 heterocycles. The van der Waals surface area contributed by atoms with Crippen molar-refractivity contribution < 1.29 is 9.90 Å². The van der Waals surface area contributed by atoms with E-state index in [4.69, 9.17) is 5.11 Å². The molecule has 0 atom stereocenters. The molecule has 0 saturated heterocycles. The summed E-state index contributed by atoms with van der Waals surface area (Å²) in [7, 11) is 3.87. The van der Waals surface area contributed by atoms with Crippen LogP contribution < -0.4 is 9.80 Å². The topological polar surface area (TPSA) is 43.8 Å². The summed E-state index contributed by atoms with van der Waals surface area (Å²) in [6.45, 7) is 2.48. The van der Waals surface area contributed by atoms with Gasteiger partial charge in [0.15, 0.2) is 0 Å². The lowest BCUT2D eigenvalue weighted by atomic mass is 10.2. The molecule has 1 rings (SSSR count). The Morgan fingerprint density at radius 1 is 1.31 bits per heavy atom. The summed E-state index contributed by atoms with van der Waals surface area (Å²) in [4.78, 5) is 14.4. The largest absolute Gasteiger partial charge is 0.465 e. The van der Waals surface area contributed by atoms with Crippen LogP contribution in [0.1, 0.15) is 13.3 Å². The zero-order chi connectivity index (χ0) is 12.1. The number of rotatable bonds is 4. The predicted octanol–water partition coefficient (Wildman–Crippen LogP) is 2.65. The van der Waals surface area contributed by atoms with Crippen LogP contribution in [0.25, 0.3) is 0 Å². The second-order valence-electron chi connectivity index (χ2n) is 3.85. The van der Waals surface area contributed by atoms with Crippen LogP contribution in [-0.2, 0) is 0 Å². The average molecular weight is 222 g/mol. The van der Waals surface area contributed by atoms with Gasteiger partial charge in [0.2, 0.25) is 0 Å². The highest BCUT2D eigenvalue weighted by molar-refractivity contribution is 5.86. The second kappa shape index (κ2) is 5.39. The summed E-state index contributed by atoms with van der Waals surface area (Å²) in [5.74, 6) is 0. The van der Waals surface area contributed by atoms with Crippen LogP contribution in [0.5, 0.6) is 0 Å². The van der Waals surface area contributed by atoms with Gasteiger partial charge >= 0.3 is 6.09 Å². The minimum atomic E-state index is -0.905. The Kier molecular flexibility index (Phi) is 4.17. The van der Waals surface area contributed by atoms with E-state index in [1.54, 1.807) is 0 Å². The molecule has 0 radical (unpaired) electrons. The summed E-state index contributed by atoms with van der Waals surface area (Å²) in [6, 6.07) is 7.52. The monoisotopic (exact) mass is 222 g/mol. The molecule has 0 aliphatic carbocycles. The Morgan fingerprint density at radius 2 is 1.94 bits per heavy atom. The van der Waals surface area contributed by atoms with Gasteiger partial charge < -0.3 is 10.0 Å². The number of anilines is 2. The predicted molar refractivity (Wildman–Crippen MR) is 66.4 cm³/mol. The number of carbonyl (C=O) groups is 1. The number of amides is 1. The van der Waals surface area contributed by atoms with Crippen molar-refractivity contribution in [3.8, 4) is 0 Å². The molecule has 4 heteroatoms. The number of nitrogens with zero attached hydrogens (tertiary/aromatic N) is 2. The van der Waals surface area contributed by atoms with E-state index < -0.39 is 6.09 Å². The van der Waals surface area contributed by atoms with Gasteiger partial charge in [-0.15, -0.1) is 0 Å². The molecule has 4 nitrogen and oxygen atoms in total. The van der Waals surface area contributed by atoms with Gasteiger partial charge in [0, 0.05) is 32.0 Å². The maximum absolute atomic E-state index is 11.1. The molecule has 1 amide bonds. The van der Waals surface area contributed by atoms with Crippen molar-refractivity contribution >= 4 is 17.5 Å². The van der Waals surface area contributed by atoms with Crippen molar-refractivity contribution in [2.24, 2.45) is 0 Å². The molecule has 0 unspecified atom stereocenters. The fourth-order valence-corrected chi connectivity index (χ4v) is 1.50. The van der Waals surface area contributed by atoms with Gasteiger partial charge in [-0.05, 0) is 24.6 Å². The fourth-order valence-electron chi connectivity index (χ4n) is 1.50. The van der Waals surface area contributed by atoms with Crippen molar-refractivity contribution in [1.82, 2.24) is 0 Å². The molecule has 0 saturated carbocycles. The van der Waals surface area contributed by atoms with E-state index in [1.165, 1.54) is 4.90 Å². The molecule has 0 bridgehead atoms. The summed E-state index contributed by atoms with van der Waals surface area (Å²) in [5, 5.41) is 9.10. The average Bonchev–Trinajstić information content (AvgIpc) is 2.25. The van der Waals surface area contributed by atoms with Crippen LogP contribution in [0.4, 0.5) is 16.2 Å². The van der Waals surface area contributed by atoms with Gasteiger partial charge in [-0.1, -0.05) is 13.0 Å². The molecule has 0 fully saturated rings. The highest BCUT2D eigenvalue weighted by atomic mass is 16.4. The summed E-state index contributed by atoms with van der Waals surface area (Å²) in [6.07, 6.45) is -0.101. The van der Waals surface area contributed by atoms with Gasteiger partial charge in [0.1, 0.15) is 0 Å². The zero-order valence-corrected chi connectivity index (χ0v) is 9.97. The Bertz CT molecular complexity index is 364. The van der Waals surface area contributed by atoms with E-state index in [9.17, 15) is 4.79 Å². The molecule has 16 heavy (non-hydrogen) atoms. The molecule has 0 spiro atoms. The first-order valence-corrected chi connectivity index (χ1v) is 5.34. The van der Waals surface area contributed by atoms with E-state index in [-0.39, 0.29) is 0 Å². The SMILES string of the molecule is CCCN(C(=O)O)c1cccc(N(C)C)c1. The molecule has 0 aliphatic heterocycles. The molecular weight excluding hydrogens is 204 g/mol. The lowest BCUT2D eigenvalue weighted by Gasteiger charge is -2.21. The second-order valence-corrected chi connectivity index (χ2v) is 3.85. The van der Waals surface area contributed by atoms with Gasteiger partial charge in [-0.2, -0.15) is 0 Å². The normalized spacial score (nSPS) is 9.94. The van der Waals surface area contributed by atoms with Crippen LogP contribution in [0.2, 0.25) is 0 Å². The Labute approximate surface area is 96.1 Å². The third-order valence-corrected chi connectivity index (χ3v) is 2.34. The third kappa shape index (κ3) is 2.89. The lowest BCUT2D eigenvalue weighted by Crippen LogP contribution is -2.30. The van der Waals surface area contributed by atoms with Crippen molar-refractivity contribution in [2.45, 2.75) is 13.3 Å². The Morgan fingerprint density at radius 3 is 2.44 bits per heavy atom. The van der Waals surface area contributed by atoms with E-state index in [1.807, 2.05) is 50.2 Å². The molecule has 1 aromatic rings. The zero-order valence-electron chi connectivity index (χ0n) is 9.97. The van der Waals surface area contributed by atoms with E-state index in [2.05, 4.69) is 0 Å². The summed E-state index contributed by atoms with van der Waals surface area (Å²) >= 11 is 0. The van der Waals surface area contributed by atoms with Crippen LogP contribution in [0, 0.1) is 0 Å². The number of carboxylic acid groups (broad SMARTS) is 1. The lowest BCUT2D eigenvalue weighted by molar-refractivity contribution is 0.202. The van der Waals surface area contributed by atoms with Gasteiger partial charge in [-0.25, -0.2) is 4.79 Å². The molecule has 88 valence electrons. The van der Waals surface area contributed by atoms with Gasteiger partial charge in [0.25, 0.3) is 0 Å². The van der Waals surface area contributed by atoms with Crippen molar-refractivity contribution in [1.29, 1.82) is 0 Å². The first kappa shape index (κ1) is 12.4. The minimum absolute atomic E-state index is 0.520. The van der Waals surface area contributed by atoms with Crippen molar-refractivity contribution in [2.75, 3.05) is 30.4 Å². The molecular formula is C12H18N2O2. The quantitative estimate of drug-likeness (QED) is 0.851. The summed E-state index contributed by atoms with van der Waals surface area (Å²) in [5.41, 5.74) is 1.72. The van der Waals surface area contributed by atoms with E-state index >= 15 is 0 Å². The van der Waals surface area contributed by atoms with Crippen molar-refractivity contribution in [3.05, 3.63) is 24.3 Å². The molecule has 1 N–H and O–H groups in total. The van der Waals surface area contributed by atoms with Gasteiger partial charge in [-0.3, -0.25) is 4.90 Å². The maximum atomic E-state index is 11.1. The highest BCUT2D eigenvalue weighted by Gasteiger charge is 2.13. The number of hydrogen-bond donors (Lipinski definition) is 1. The minimum Gasteiger partial charge on any atom is -0.465 e.